The number of carboxylic acids is 1. The van der Waals surface area contributed by atoms with Crippen LogP contribution in [0.3, 0.4) is 0 Å². The Kier molecular flexibility index (Phi) is 3.50. The average molecular weight is 284 g/mol. The highest BCUT2D eigenvalue weighted by atomic mass is 16.4. The van der Waals surface area contributed by atoms with Crippen LogP contribution >= 0.6 is 0 Å². The van der Waals surface area contributed by atoms with Gasteiger partial charge in [-0.15, -0.1) is 0 Å². The maximum atomic E-state index is 11.5. The van der Waals surface area contributed by atoms with E-state index >= 15 is 0 Å². The second-order valence-electron chi connectivity index (χ2n) is 4.89. The van der Waals surface area contributed by atoms with Crippen molar-refractivity contribution >= 4 is 16.9 Å². The van der Waals surface area contributed by atoms with Gasteiger partial charge in [0.2, 0.25) is 0 Å². The van der Waals surface area contributed by atoms with Gasteiger partial charge in [-0.25, -0.2) is 4.79 Å². The average Bonchev–Trinajstić information content (AvgIpc) is 3.07. The lowest BCUT2D eigenvalue weighted by molar-refractivity contribution is 0.0685. The molecule has 0 atom stereocenters. The van der Waals surface area contributed by atoms with Crippen LogP contribution in [0.4, 0.5) is 0 Å². The first-order valence-electron chi connectivity index (χ1n) is 6.71. The minimum absolute atomic E-state index is 0.322. The lowest BCUT2D eigenvalue weighted by Gasteiger charge is -2.05. The lowest BCUT2D eigenvalue weighted by Crippen LogP contribution is -2.15. The van der Waals surface area contributed by atoms with Crippen LogP contribution < -0.4 is 5.32 Å². The molecule has 0 bridgehead atoms. The number of benzene rings is 1. The summed E-state index contributed by atoms with van der Waals surface area (Å²) in [5, 5.41) is 13.7. The first-order valence-corrected chi connectivity index (χ1v) is 6.71. The van der Waals surface area contributed by atoms with E-state index in [1.807, 2.05) is 36.4 Å². The molecule has 0 saturated carbocycles. The highest BCUT2D eigenvalue weighted by Gasteiger charge is 2.19. The summed E-state index contributed by atoms with van der Waals surface area (Å²) in [7, 11) is 1.78. The van der Waals surface area contributed by atoms with E-state index in [1.54, 1.807) is 17.9 Å². The Labute approximate surface area is 121 Å². The molecule has 0 unspecified atom stereocenters. The molecule has 5 heteroatoms. The highest BCUT2D eigenvalue weighted by molar-refractivity contribution is 5.98. The third-order valence-electron chi connectivity index (χ3n) is 3.60. The van der Waals surface area contributed by atoms with Crippen molar-refractivity contribution in [1.82, 2.24) is 9.88 Å². The molecular formula is C16H16N2O3. The Morgan fingerprint density at radius 1 is 1.24 bits per heavy atom. The molecule has 2 heterocycles. The Balaban J connectivity index is 1.92. The van der Waals surface area contributed by atoms with Crippen molar-refractivity contribution in [1.29, 1.82) is 0 Å². The van der Waals surface area contributed by atoms with Crippen molar-refractivity contribution in [2.45, 2.75) is 13.1 Å². The molecule has 0 spiro atoms. The monoisotopic (exact) mass is 284 g/mol. The molecule has 0 aliphatic carbocycles. The molecule has 2 N–H and O–H groups in total. The number of aromatic carboxylic acids is 1. The molecule has 2 aromatic heterocycles. The lowest BCUT2D eigenvalue weighted by atomic mass is 10.1. The maximum Gasteiger partial charge on any atom is 0.352 e. The van der Waals surface area contributed by atoms with Gasteiger partial charge >= 0.3 is 5.97 Å². The number of fused-ring (bicyclic) bond motifs is 1. The number of aromatic nitrogens is 1. The summed E-state index contributed by atoms with van der Waals surface area (Å²) in [5.74, 6) is -0.0874. The molecule has 0 radical (unpaired) electrons. The number of carbonyl (C=O) groups is 1. The zero-order valence-corrected chi connectivity index (χ0v) is 11.7. The van der Waals surface area contributed by atoms with E-state index in [9.17, 15) is 9.90 Å². The van der Waals surface area contributed by atoms with Crippen molar-refractivity contribution in [3.8, 4) is 0 Å². The van der Waals surface area contributed by atoms with Crippen LogP contribution in [0, 0.1) is 0 Å². The van der Waals surface area contributed by atoms with Gasteiger partial charge in [-0.1, -0.05) is 18.2 Å². The van der Waals surface area contributed by atoms with Gasteiger partial charge in [0, 0.05) is 30.1 Å². The van der Waals surface area contributed by atoms with Crippen molar-refractivity contribution in [2.75, 3.05) is 0 Å². The van der Waals surface area contributed by atoms with E-state index in [0.29, 0.717) is 18.8 Å². The molecule has 0 fully saturated rings. The molecule has 1 aromatic carbocycles. The van der Waals surface area contributed by atoms with E-state index in [2.05, 4.69) is 5.32 Å². The second-order valence-corrected chi connectivity index (χ2v) is 4.89. The van der Waals surface area contributed by atoms with Gasteiger partial charge < -0.3 is 19.4 Å². The van der Waals surface area contributed by atoms with Gasteiger partial charge in [-0.3, -0.25) is 0 Å². The Morgan fingerprint density at radius 2 is 2.05 bits per heavy atom. The Bertz CT molecular complexity index is 772. The highest BCUT2D eigenvalue weighted by Crippen LogP contribution is 2.25. The standard InChI is InChI=1S/C16H16N2O3/c1-18-14-7-3-2-6-12(14)13(15(18)16(19)20)10-17-9-11-5-4-8-21-11/h2-8,17H,9-10H2,1H3,(H,19,20). The van der Waals surface area contributed by atoms with E-state index in [0.717, 1.165) is 22.2 Å². The molecular weight excluding hydrogens is 268 g/mol. The van der Waals surface area contributed by atoms with Gasteiger partial charge in [0.15, 0.2) is 0 Å². The van der Waals surface area contributed by atoms with Crippen LogP contribution in [0.1, 0.15) is 21.8 Å². The molecule has 108 valence electrons. The number of nitrogens with zero attached hydrogens (tertiary/aromatic N) is 1. The number of aryl methyl sites for hydroxylation is 1. The van der Waals surface area contributed by atoms with Gasteiger partial charge in [0.25, 0.3) is 0 Å². The third kappa shape index (κ3) is 2.43. The second kappa shape index (κ2) is 5.46. The summed E-state index contributed by atoms with van der Waals surface area (Å²) in [6, 6.07) is 11.4. The summed E-state index contributed by atoms with van der Waals surface area (Å²) in [4.78, 5) is 11.5. The van der Waals surface area contributed by atoms with Gasteiger partial charge in [-0.2, -0.15) is 0 Å². The Morgan fingerprint density at radius 3 is 2.76 bits per heavy atom. The maximum absolute atomic E-state index is 11.5. The molecule has 3 aromatic rings. The Hall–Kier alpha value is -2.53. The summed E-state index contributed by atoms with van der Waals surface area (Å²) in [6.07, 6.45) is 1.62. The fourth-order valence-electron chi connectivity index (χ4n) is 2.65. The van der Waals surface area contributed by atoms with Crippen LogP contribution in [-0.4, -0.2) is 15.6 Å². The quantitative estimate of drug-likeness (QED) is 0.756. The number of furan rings is 1. The predicted molar refractivity (Wildman–Crippen MR) is 79.1 cm³/mol. The number of hydrogen-bond acceptors (Lipinski definition) is 3. The fraction of sp³-hybridized carbons (Fsp3) is 0.188. The SMILES string of the molecule is Cn1c(C(=O)O)c(CNCc2ccco2)c2ccccc21. The number of rotatable bonds is 5. The first kappa shape index (κ1) is 13.5. The van der Waals surface area contributed by atoms with Gasteiger partial charge in [0.1, 0.15) is 11.5 Å². The predicted octanol–water partition coefficient (Wildman–Crippen LogP) is 2.76. The molecule has 0 saturated heterocycles. The fourth-order valence-corrected chi connectivity index (χ4v) is 2.65. The summed E-state index contributed by atoms with van der Waals surface area (Å²) < 4.78 is 6.98. The van der Waals surface area contributed by atoms with Crippen molar-refractivity contribution < 1.29 is 14.3 Å². The van der Waals surface area contributed by atoms with Crippen LogP contribution in [-0.2, 0) is 20.1 Å². The molecule has 0 aliphatic heterocycles. The molecule has 21 heavy (non-hydrogen) atoms. The van der Waals surface area contributed by atoms with Crippen molar-refractivity contribution in [2.24, 2.45) is 7.05 Å². The smallest absolute Gasteiger partial charge is 0.352 e. The summed E-state index contributed by atoms with van der Waals surface area (Å²) in [6.45, 7) is 1.04. The van der Waals surface area contributed by atoms with Crippen LogP contribution in [0.5, 0.6) is 0 Å². The van der Waals surface area contributed by atoms with Crippen LogP contribution in [0.25, 0.3) is 10.9 Å². The van der Waals surface area contributed by atoms with E-state index in [1.165, 1.54) is 0 Å². The summed E-state index contributed by atoms with van der Waals surface area (Å²) in [5.41, 5.74) is 2.04. The van der Waals surface area contributed by atoms with Crippen molar-refractivity contribution in [3.05, 3.63) is 59.7 Å². The third-order valence-corrected chi connectivity index (χ3v) is 3.60. The molecule has 0 aliphatic rings. The minimum Gasteiger partial charge on any atom is -0.477 e. The van der Waals surface area contributed by atoms with E-state index < -0.39 is 5.97 Å². The van der Waals surface area contributed by atoms with E-state index in [4.69, 9.17) is 4.42 Å². The largest absolute Gasteiger partial charge is 0.477 e. The number of carboxylic acid groups (broad SMARTS) is 1. The van der Waals surface area contributed by atoms with Gasteiger partial charge in [-0.05, 0) is 18.2 Å². The van der Waals surface area contributed by atoms with Crippen molar-refractivity contribution in [3.63, 3.8) is 0 Å². The normalized spacial score (nSPS) is 11.1. The van der Waals surface area contributed by atoms with E-state index in [-0.39, 0.29) is 0 Å². The summed E-state index contributed by atoms with van der Waals surface area (Å²) >= 11 is 0. The number of nitrogens with one attached hydrogen (secondary N) is 1. The first-order chi connectivity index (χ1) is 10.2. The number of hydrogen-bond donors (Lipinski definition) is 2. The zero-order valence-electron chi connectivity index (χ0n) is 11.7. The topological polar surface area (TPSA) is 67.4 Å². The minimum atomic E-state index is -0.913. The molecule has 3 rings (SSSR count). The van der Waals surface area contributed by atoms with Crippen LogP contribution in [0.2, 0.25) is 0 Å². The van der Waals surface area contributed by atoms with Crippen LogP contribution in [0.15, 0.2) is 47.1 Å². The number of para-hydroxylation sites is 1. The zero-order chi connectivity index (χ0) is 14.8. The molecule has 5 nitrogen and oxygen atoms in total. The molecule has 0 amide bonds. The van der Waals surface area contributed by atoms with Gasteiger partial charge in [0.05, 0.1) is 12.8 Å².